The van der Waals surface area contributed by atoms with Gasteiger partial charge in [0.2, 0.25) is 0 Å². The van der Waals surface area contributed by atoms with Crippen LogP contribution in [0.1, 0.15) is 90.4 Å². The molecule has 0 aromatic rings. The van der Waals surface area contributed by atoms with Crippen molar-refractivity contribution in [1.29, 1.82) is 0 Å². The number of ether oxygens (including phenoxy) is 1. The summed E-state index contributed by atoms with van der Waals surface area (Å²) in [5.41, 5.74) is 0. The highest BCUT2D eigenvalue weighted by Crippen LogP contribution is 2.09. The van der Waals surface area contributed by atoms with Crippen molar-refractivity contribution >= 4 is 11.9 Å². The van der Waals surface area contributed by atoms with Crippen molar-refractivity contribution in [3.8, 4) is 0 Å². The van der Waals surface area contributed by atoms with E-state index in [1.165, 1.54) is 44.9 Å². The van der Waals surface area contributed by atoms with Gasteiger partial charge in [0.25, 0.3) is 0 Å². The van der Waals surface area contributed by atoms with Crippen molar-refractivity contribution in [3.05, 3.63) is 36.5 Å². The smallest absolute Gasteiger partial charge is 0.307 e. The van der Waals surface area contributed by atoms with E-state index in [0.29, 0.717) is 23.9 Å². The van der Waals surface area contributed by atoms with Gasteiger partial charge in [0.05, 0.1) is 27.6 Å². The van der Waals surface area contributed by atoms with Crippen LogP contribution in [0.2, 0.25) is 0 Å². The largest absolute Gasteiger partial charge is 0.481 e. The monoisotopic (exact) mass is 450 g/mol. The molecule has 5 nitrogen and oxygen atoms in total. The Kier molecular flexibility index (Phi) is 18.6. The van der Waals surface area contributed by atoms with Crippen LogP contribution in [0.4, 0.5) is 0 Å². The van der Waals surface area contributed by atoms with Gasteiger partial charge >= 0.3 is 11.9 Å². The predicted molar refractivity (Wildman–Crippen MR) is 134 cm³/mol. The first-order chi connectivity index (χ1) is 15.2. The molecule has 1 unspecified atom stereocenters. The number of allylic oxidation sites excluding steroid dienone is 6. The SMILES string of the molecule is CCCCCCCC/C=C/C/C=C/C/C=C/CCCC(=O)OC(CC(=O)O)C[N+](C)(C)C. The van der Waals surface area contributed by atoms with Crippen LogP contribution in [0.25, 0.3) is 0 Å². The number of carbonyl (C=O) groups excluding carboxylic acids is 1. The number of carbonyl (C=O) groups is 2. The molecule has 0 spiro atoms. The molecule has 184 valence electrons. The number of aliphatic carboxylic acids is 1. The third-order valence-corrected chi connectivity index (χ3v) is 4.97. The van der Waals surface area contributed by atoms with Crippen LogP contribution in [-0.2, 0) is 14.3 Å². The maximum atomic E-state index is 12.0. The Labute approximate surface area is 196 Å². The maximum Gasteiger partial charge on any atom is 0.307 e. The summed E-state index contributed by atoms with van der Waals surface area (Å²) in [6.45, 7) is 2.74. The number of unbranched alkanes of at least 4 members (excludes halogenated alkanes) is 7. The molecule has 1 atom stereocenters. The van der Waals surface area contributed by atoms with E-state index in [2.05, 4.69) is 43.4 Å². The highest BCUT2D eigenvalue weighted by atomic mass is 16.5. The Bertz CT molecular complexity index is 573. The first-order valence-electron chi connectivity index (χ1n) is 12.4. The average molecular weight is 451 g/mol. The highest BCUT2D eigenvalue weighted by Gasteiger charge is 2.24. The second-order valence-corrected chi connectivity index (χ2v) is 9.52. The second kappa shape index (κ2) is 19.8. The van der Waals surface area contributed by atoms with E-state index in [1.54, 1.807) is 0 Å². The van der Waals surface area contributed by atoms with Crippen molar-refractivity contribution in [3.63, 3.8) is 0 Å². The van der Waals surface area contributed by atoms with Crippen LogP contribution < -0.4 is 0 Å². The Balaban J connectivity index is 3.80. The number of carboxylic acids is 1. The highest BCUT2D eigenvalue weighted by molar-refractivity contribution is 5.71. The zero-order valence-electron chi connectivity index (χ0n) is 21.1. The molecule has 0 saturated carbocycles. The normalized spacial score (nSPS) is 13.4. The lowest BCUT2D eigenvalue weighted by atomic mass is 10.1. The standard InChI is InChI=1S/C27H47NO4/c1-5-6-7-8-9-10-11-12-13-14-15-16-17-18-19-20-21-22-27(31)32-25(23-26(29)30)24-28(2,3)4/h12-13,15-16,18-19,25H,5-11,14,17,20-24H2,1-4H3/p+1/b13-12+,16-15+,19-18+. The molecule has 0 heterocycles. The summed E-state index contributed by atoms with van der Waals surface area (Å²) in [7, 11) is 5.86. The minimum absolute atomic E-state index is 0.151. The Morgan fingerprint density at radius 3 is 1.91 bits per heavy atom. The number of quaternary nitrogens is 1. The van der Waals surface area contributed by atoms with Crippen molar-refractivity contribution in [2.75, 3.05) is 27.7 Å². The summed E-state index contributed by atoms with van der Waals surface area (Å²) in [6.07, 6.45) is 25.4. The van der Waals surface area contributed by atoms with Crippen LogP contribution in [0, 0.1) is 0 Å². The summed E-state index contributed by atoms with van der Waals surface area (Å²) >= 11 is 0. The van der Waals surface area contributed by atoms with Gasteiger partial charge in [-0.05, 0) is 38.5 Å². The zero-order chi connectivity index (χ0) is 24.1. The van der Waals surface area contributed by atoms with Crippen molar-refractivity contribution in [2.24, 2.45) is 0 Å². The number of hydrogen-bond donors (Lipinski definition) is 1. The summed E-state index contributed by atoms with van der Waals surface area (Å²) in [5.74, 6) is -1.26. The number of likely N-dealkylation sites (N-methyl/N-ethyl adjacent to an activating group) is 1. The number of rotatable bonds is 20. The van der Waals surface area contributed by atoms with Crippen LogP contribution >= 0.6 is 0 Å². The molecule has 0 aromatic carbocycles. The third-order valence-electron chi connectivity index (χ3n) is 4.97. The van der Waals surface area contributed by atoms with Crippen molar-refractivity contribution in [2.45, 2.75) is 96.5 Å². The van der Waals surface area contributed by atoms with Gasteiger partial charge in [-0.15, -0.1) is 0 Å². The van der Waals surface area contributed by atoms with Gasteiger partial charge in [0.1, 0.15) is 6.54 Å². The molecule has 5 heteroatoms. The third kappa shape index (κ3) is 22.8. The molecule has 0 saturated heterocycles. The van der Waals surface area contributed by atoms with Crippen LogP contribution in [-0.4, -0.2) is 55.3 Å². The number of nitrogens with zero attached hydrogens (tertiary/aromatic N) is 1. The molecular weight excluding hydrogens is 402 g/mol. The molecule has 0 rings (SSSR count). The lowest BCUT2D eigenvalue weighted by Gasteiger charge is -2.28. The van der Waals surface area contributed by atoms with Crippen molar-refractivity contribution < 1.29 is 23.9 Å². The molecule has 0 amide bonds. The number of hydrogen-bond acceptors (Lipinski definition) is 3. The van der Waals surface area contributed by atoms with Crippen LogP contribution in [0.15, 0.2) is 36.5 Å². The van der Waals surface area contributed by atoms with E-state index < -0.39 is 12.1 Å². The maximum absolute atomic E-state index is 12.0. The molecule has 32 heavy (non-hydrogen) atoms. The van der Waals surface area contributed by atoms with Crippen molar-refractivity contribution in [1.82, 2.24) is 0 Å². The minimum atomic E-state index is -0.944. The molecule has 0 radical (unpaired) electrons. The first-order valence-corrected chi connectivity index (χ1v) is 12.4. The summed E-state index contributed by atoms with van der Waals surface area (Å²) in [4.78, 5) is 23.0. The van der Waals surface area contributed by atoms with Gasteiger partial charge in [-0.3, -0.25) is 9.59 Å². The molecule has 0 aliphatic rings. The van der Waals surface area contributed by atoms with Gasteiger partial charge in [-0.1, -0.05) is 75.5 Å². The van der Waals surface area contributed by atoms with E-state index in [-0.39, 0.29) is 12.4 Å². The van der Waals surface area contributed by atoms with E-state index in [0.717, 1.165) is 19.3 Å². The number of carboxylic acid groups (broad SMARTS) is 1. The quantitative estimate of drug-likeness (QED) is 0.100. The van der Waals surface area contributed by atoms with Crippen LogP contribution in [0.3, 0.4) is 0 Å². The summed E-state index contributed by atoms with van der Waals surface area (Å²) in [6, 6.07) is 0. The first kappa shape index (κ1) is 30.1. The van der Waals surface area contributed by atoms with Gasteiger partial charge < -0.3 is 14.3 Å². The van der Waals surface area contributed by atoms with E-state index in [9.17, 15) is 9.59 Å². The van der Waals surface area contributed by atoms with Gasteiger partial charge in [-0.2, -0.15) is 0 Å². The van der Waals surface area contributed by atoms with Gasteiger partial charge in [0, 0.05) is 6.42 Å². The zero-order valence-corrected chi connectivity index (χ0v) is 21.1. The molecule has 0 aliphatic carbocycles. The Morgan fingerprint density at radius 2 is 1.34 bits per heavy atom. The molecule has 0 aliphatic heterocycles. The predicted octanol–water partition coefficient (Wildman–Crippen LogP) is 6.45. The van der Waals surface area contributed by atoms with E-state index in [4.69, 9.17) is 9.84 Å². The molecule has 0 bridgehead atoms. The fourth-order valence-corrected chi connectivity index (χ4v) is 3.38. The Hall–Kier alpha value is -1.88. The van der Waals surface area contributed by atoms with E-state index in [1.807, 2.05) is 21.1 Å². The fraction of sp³-hybridized carbons (Fsp3) is 0.704. The topological polar surface area (TPSA) is 63.6 Å². The average Bonchev–Trinajstić information content (AvgIpc) is 2.68. The minimum Gasteiger partial charge on any atom is -0.481 e. The lowest BCUT2D eigenvalue weighted by Crippen LogP contribution is -2.43. The second-order valence-electron chi connectivity index (χ2n) is 9.52. The Morgan fingerprint density at radius 1 is 0.812 bits per heavy atom. The molecule has 0 fully saturated rings. The van der Waals surface area contributed by atoms with Gasteiger partial charge in [0.15, 0.2) is 6.10 Å². The molecule has 0 aromatic heterocycles. The summed E-state index contributed by atoms with van der Waals surface area (Å²) < 4.78 is 5.94. The lowest BCUT2D eigenvalue weighted by molar-refractivity contribution is -0.873. The molecule has 1 N–H and O–H groups in total. The molecular formula is C27H48NO4+. The number of esters is 1. The van der Waals surface area contributed by atoms with Gasteiger partial charge in [-0.25, -0.2) is 0 Å². The fourth-order valence-electron chi connectivity index (χ4n) is 3.38. The van der Waals surface area contributed by atoms with Crippen LogP contribution in [0.5, 0.6) is 0 Å². The summed E-state index contributed by atoms with van der Waals surface area (Å²) in [5, 5.41) is 9.01. The van der Waals surface area contributed by atoms with E-state index >= 15 is 0 Å².